The largest absolute Gasteiger partial charge is 1.00 e. The molecule has 1 aliphatic heterocycles. The number of methoxy groups -OCH3 is 1. The summed E-state index contributed by atoms with van der Waals surface area (Å²) >= 11 is 0. The molecular weight excluding hydrogens is 267 g/mol. The van der Waals surface area contributed by atoms with Gasteiger partial charge < -0.3 is 29.3 Å². The zero-order chi connectivity index (χ0) is 12.5. The molecule has 0 amide bonds. The summed E-state index contributed by atoms with van der Waals surface area (Å²) < 4.78 is 42.0. The van der Waals surface area contributed by atoms with E-state index in [1.807, 2.05) is 0 Å². The molecule has 0 aromatic rings. The molecule has 0 unspecified atom stereocenters. The van der Waals surface area contributed by atoms with Gasteiger partial charge in [-0.25, -0.2) is 8.42 Å². The molecule has 8 nitrogen and oxygen atoms in total. The van der Waals surface area contributed by atoms with Crippen LogP contribution in [0.3, 0.4) is 0 Å². The average molecular weight is 280 g/mol. The van der Waals surface area contributed by atoms with Gasteiger partial charge in [-0.1, -0.05) is 0 Å². The van der Waals surface area contributed by atoms with Crippen LogP contribution in [0.25, 0.3) is 0 Å². The third-order valence-corrected chi connectivity index (χ3v) is 3.64. The Bertz CT molecular complexity index is 331. The first kappa shape index (κ1) is 17.7. The minimum absolute atomic E-state index is 0. The predicted octanol–water partition coefficient (Wildman–Crippen LogP) is -6.01. The van der Waals surface area contributed by atoms with Crippen molar-refractivity contribution < 1.29 is 67.3 Å². The third-order valence-electron chi connectivity index (χ3n) is 2.39. The van der Waals surface area contributed by atoms with Crippen LogP contribution in [0.15, 0.2) is 0 Å². The van der Waals surface area contributed by atoms with Crippen LogP contribution in [0.1, 0.15) is 0 Å². The number of hydrogen-bond acceptors (Lipinski definition) is 8. The van der Waals surface area contributed by atoms with Gasteiger partial charge in [0.25, 0.3) is 0 Å². The predicted molar refractivity (Wildman–Crippen MR) is 48.3 cm³/mol. The van der Waals surface area contributed by atoms with E-state index in [0.29, 0.717) is 0 Å². The molecular formula is C7H13NaO8S. The molecule has 5 atom stereocenters. The maximum atomic E-state index is 10.8. The van der Waals surface area contributed by atoms with E-state index in [9.17, 15) is 23.2 Å². The molecule has 1 heterocycles. The Morgan fingerprint density at radius 3 is 2.24 bits per heavy atom. The molecule has 96 valence electrons. The Labute approximate surface area is 121 Å². The number of aliphatic hydroxyl groups is 3. The van der Waals surface area contributed by atoms with E-state index < -0.39 is 46.6 Å². The molecule has 0 aromatic heterocycles. The second-order valence-electron chi connectivity index (χ2n) is 3.40. The molecule has 0 spiro atoms. The van der Waals surface area contributed by atoms with Gasteiger partial charge in [0, 0.05) is 7.11 Å². The van der Waals surface area contributed by atoms with Crippen molar-refractivity contribution in [2.45, 2.75) is 29.9 Å². The maximum Gasteiger partial charge on any atom is 1.00 e. The van der Waals surface area contributed by atoms with Gasteiger partial charge in [-0.15, -0.1) is 0 Å². The average Bonchev–Trinajstić information content (AvgIpc) is 2.19. The molecule has 1 saturated heterocycles. The van der Waals surface area contributed by atoms with E-state index in [2.05, 4.69) is 4.74 Å². The van der Waals surface area contributed by atoms with Crippen molar-refractivity contribution in [1.82, 2.24) is 0 Å². The summed E-state index contributed by atoms with van der Waals surface area (Å²) in [5.41, 5.74) is 0. The van der Waals surface area contributed by atoms with E-state index >= 15 is 0 Å². The van der Waals surface area contributed by atoms with Crippen LogP contribution < -0.4 is 29.6 Å². The minimum Gasteiger partial charge on any atom is -0.748 e. The zero-order valence-electron chi connectivity index (χ0n) is 9.38. The van der Waals surface area contributed by atoms with Crippen molar-refractivity contribution in [3.63, 3.8) is 0 Å². The van der Waals surface area contributed by atoms with Crippen LogP contribution in [-0.2, 0) is 19.6 Å². The Hall–Kier alpha value is 0.710. The van der Waals surface area contributed by atoms with E-state index in [-0.39, 0.29) is 29.6 Å². The SMILES string of the molecule is CO[C@H]1O[C@H](CO)[C@H](S(=O)(=O)[O-])[C@H](O)[C@H]1O.[Na+]. The van der Waals surface area contributed by atoms with Crippen LogP contribution in [0, 0.1) is 0 Å². The standard InChI is InChI=1S/C7H14O8S.Na/c1-14-7-5(10)4(9)6(16(11,12)13)3(2-8)15-7;/h3-10H,2H2,1H3,(H,11,12,13);/q;+1/p-1/t3-,4-,5-,6+,7+;/m1./s1. The summed E-state index contributed by atoms with van der Waals surface area (Å²) in [4.78, 5) is 0. The maximum absolute atomic E-state index is 10.8. The zero-order valence-corrected chi connectivity index (χ0v) is 12.2. The first-order chi connectivity index (χ1) is 7.32. The summed E-state index contributed by atoms with van der Waals surface area (Å²) in [5.74, 6) is 0. The van der Waals surface area contributed by atoms with Gasteiger partial charge >= 0.3 is 29.6 Å². The third kappa shape index (κ3) is 3.83. The van der Waals surface area contributed by atoms with E-state index in [1.165, 1.54) is 7.11 Å². The summed E-state index contributed by atoms with van der Waals surface area (Å²) in [6.07, 6.45) is -6.24. The van der Waals surface area contributed by atoms with Crippen LogP contribution >= 0.6 is 0 Å². The van der Waals surface area contributed by atoms with E-state index in [1.54, 1.807) is 0 Å². The topological polar surface area (TPSA) is 136 Å². The fourth-order valence-electron chi connectivity index (χ4n) is 1.60. The number of rotatable bonds is 3. The van der Waals surface area contributed by atoms with Crippen molar-refractivity contribution in [1.29, 1.82) is 0 Å². The first-order valence-corrected chi connectivity index (χ1v) is 5.90. The van der Waals surface area contributed by atoms with Gasteiger partial charge in [0.2, 0.25) is 0 Å². The Morgan fingerprint density at radius 2 is 1.88 bits per heavy atom. The Kier molecular flexibility index (Phi) is 7.04. The molecule has 0 saturated carbocycles. The number of ether oxygens (including phenoxy) is 2. The quantitative estimate of drug-likeness (QED) is 0.343. The number of aliphatic hydroxyl groups excluding tert-OH is 3. The van der Waals surface area contributed by atoms with Crippen molar-refractivity contribution in [3.05, 3.63) is 0 Å². The fraction of sp³-hybridized carbons (Fsp3) is 1.00. The Balaban J connectivity index is 0.00000256. The van der Waals surface area contributed by atoms with Gasteiger partial charge in [-0.3, -0.25) is 0 Å². The van der Waals surface area contributed by atoms with Crippen molar-refractivity contribution in [3.8, 4) is 0 Å². The summed E-state index contributed by atoms with van der Waals surface area (Å²) in [7, 11) is -3.73. The molecule has 0 radical (unpaired) electrons. The molecule has 0 aromatic carbocycles. The molecule has 0 bridgehead atoms. The molecule has 1 rings (SSSR count). The molecule has 17 heavy (non-hydrogen) atoms. The number of hydrogen-bond donors (Lipinski definition) is 3. The normalized spacial score (nSPS) is 38.5. The van der Waals surface area contributed by atoms with E-state index in [0.717, 1.165) is 0 Å². The molecule has 1 aliphatic rings. The molecule has 3 N–H and O–H groups in total. The molecule has 1 fully saturated rings. The van der Waals surface area contributed by atoms with Gasteiger partial charge in [0.1, 0.15) is 33.7 Å². The van der Waals surface area contributed by atoms with Gasteiger partial charge in [-0.05, 0) is 0 Å². The van der Waals surface area contributed by atoms with Crippen LogP contribution in [0.2, 0.25) is 0 Å². The summed E-state index contributed by atoms with van der Waals surface area (Å²) in [6.45, 7) is -0.782. The van der Waals surface area contributed by atoms with Crippen LogP contribution in [0.4, 0.5) is 0 Å². The summed E-state index contributed by atoms with van der Waals surface area (Å²) in [6, 6.07) is 0. The first-order valence-electron chi connectivity index (χ1n) is 4.43. The van der Waals surface area contributed by atoms with Gasteiger partial charge in [0.15, 0.2) is 6.29 Å². The van der Waals surface area contributed by atoms with Crippen molar-refractivity contribution >= 4 is 10.1 Å². The summed E-state index contributed by atoms with van der Waals surface area (Å²) in [5, 5.41) is 25.8. The Morgan fingerprint density at radius 1 is 1.35 bits per heavy atom. The monoisotopic (exact) mass is 280 g/mol. The van der Waals surface area contributed by atoms with Crippen LogP contribution in [0.5, 0.6) is 0 Å². The van der Waals surface area contributed by atoms with Gasteiger partial charge in [-0.2, -0.15) is 0 Å². The molecule has 10 heteroatoms. The van der Waals surface area contributed by atoms with Crippen molar-refractivity contribution in [2.75, 3.05) is 13.7 Å². The fourth-order valence-corrected chi connectivity index (χ4v) is 2.63. The minimum atomic E-state index is -4.90. The smallest absolute Gasteiger partial charge is 0.748 e. The second kappa shape index (κ2) is 6.75. The van der Waals surface area contributed by atoms with E-state index in [4.69, 9.17) is 9.84 Å². The van der Waals surface area contributed by atoms with Crippen LogP contribution in [-0.4, -0.2) is 71.9 Å². The van der Waals surface area contributed by atoms with Crippen molar-refractivity contribution in [2.24, 2.45) is 0 Å². The molecule has 0 aliphatic carbocycles. The second-order valence-corrected chi connectivity index (χ2v) is 4.93. The van der Waals surface area contributed by atoms with Gasteiger partial charge in [0.05, 0.1) is 6.61 Å².